The van der Waals surface area contributed by atoms with Crippen LogP contribution in [-0.2, 0) is 4.84 Å². The highest BCUT2D eigenvalue weighted by Gasteiger charge is 2.52. The van der Waals surface area contributed by atoms with Crippen LogP contribution in [0.3, 0.4) is 0 Å². The van der Waals surface area contributed by atoms with Gasteiger partial charge in [0.25, 0.3) is 0 Å². The fraction of sp³-hybridized carbons (Fsp3) is 0.625. The summed E-state index contributed by atoms with van der Waals surface area (Å²) in [5, 5.41) is 0. The molecule has 0 atom stereocenters. The second-order valence-electron chi connectivity index (χ2n) is 7.34. The van der Waals surface area contributed by atoms with Gasteiger partial charge >= 0.3 is 0 Å². The summed E-state index contributed by atoms with van der Waals surface area (Å²) in [6.07, 6.45) is 7.66. The zero-order valence-corrected chi connectivity index (χ0v) is 12.3. The molecule has 0 saturated heterocycles. The molecule has 0 unspecified atom stereocenters. The number of benzene rings is 1. The summed E-state index contributed by atoms with van der Waals surface area (Å²) >= 11 is 0. The lowest BCUT2D eigenvalue weighted by Crippen LogP contribution is -2.52. The molecule has 7 N–H and O–H groups in total. The summed E-state index contributed by atoms with van der Waals surface area (Å²) in [5.41, 5.74) is 23.1. The van der Waals surface area contributed by atoms with E-state index in [1.165, 1.54) is 19.3 Å². The van der Waals surface area contributed by atoms with Gasteiger partial charge in [-0.25, -0.2) is 0 Å². The number of hydrogen-bond acceptors (Lipinski definition) is 5. The number of anilines is 4. The minimum Gasteiger partial charge on any atom is -0.397 e. The molecule has 5 heteroatoms. The molecule has 4 saturated carbocycles. The molecule has 0 spiro atoms. The van der Waals surface area contributed by atoms with Crippen molar-refractivity contribution in [1.82, 2.24) is 0 Å². The number of rotatable bonds is 3. The van der Waals surface area contributed by atoms with Crippen LogP contribution in [0.2, 0.25) is 0 Å². The SMILES string of the molecule is Nc1ccc(N)c(NOC23CC4CC(CC(C4)C2)C3)c1N. The van der Waals surface area contributed by atoms with Gasteiger partial charge in [-0.05, 0) is 68.4 Å². The first-order valence-corrected chi connectivity index (χ1v) is 7.92. The Labute approximate surface area is 125 Å². The number of nitrogens with two attached hydrogens (primary N) is 3. The van der Waals surface area contributed by atoms with Gasteiger partial charge in [-0.3, -0.25) is 10.3 Å². The van der Waals surface area contributed by atoms with Gasteiger partial charge in [-0.2, -0.15) is 0 Å². The Kier molecular flexibility index (Phi) is 2.76. The van der Waals surface area contributed by atoms with Crippen LogP contribution in [0.1, 0.15) is 38.5 Å². The summed E-state index contributed by atoms with van der Waals surface area (Å²) in [4.78, 5) is 6.18. The molecule has 114 valence electrons. The van der Waals surface area contributed by atoms with Crippen molar-refractivity contribution in [2.24, 2.45) is 17.8 Å². The Hall–Kier alpha value is -1.62. The molecule has 0 amide bonds. The number of nitrogen functional groups attached to an aromatic ring is 3. The van der Waals surface area contributed by atoms with E-state index < -0.39 is 0 Å². The van der Waals surface area contributed by atoms with E-state index in [1.807, 2.05) is 0 Å². The Bertz CT molecular complexity index is 536. The van der Waals surface area contributed by atoms with E-state index in [4.69, 9.17) is 22.0 Å². The quantitative estimate of drug-likeness (QED) is 0.506. The minimum atomic E-state index is -0.0295. The normalized spacial score (nSPS) is 36.9. The van der Waals surface area contributed by atoms with Gasteiger partial charge in [-0.1, -0.05) is 0 Å². The lowest BCUT2D eigenvalue weighted by molar-refractivity contribution is -0.145. The van der Waals surface area contributed by atoms with Crippen LogP contribution >= 0.6 is 0 Å². The first-order valence-electron chi connectivity index (χ1n) is 7.92. The van der Waals surface area contributed by atoms with Crippen LogP contribution in [0.4, 0.5) is 22.7 Å². The van der Waals surface area contributed by atoms with Gasteiger partial charge in [0.2, 0.25) is 0 Å². The zero-order chi connectivity index (χ0) is 14.6. The highest BCUT2D eigenvalue weighted by molar-refractivity contribution is 5.87. The van der Waals surface area contributed by atoms with E-state index in [-0.39, 0.29) is 5.60 Å². The average Bonchev–Trinajstić information content (AvgIpc) is 2.41. The third-order valence-corrected chi connectivity index (χ3v) is 5.66. The molecule has 4 bridgehead atoms. The van der Waals surface area contributed by atoms with Crippen LogP contribution in [0.5, 0.6) is 0 Å². The van der Waals surface area contributed by atoms with E-state index in [1.54, 1.807) is 12.1 Å². The molecule has 0 heterocycles. The van der Waals surface area contributed by atoms with Gasteiger partial charge in [0.15, 0.2) is 0 Å². The third-order valence-electron chi connectivity index (χ3n) is 5.66. The van der Waals surface area contributed by atoms with Crippen LogP contribution in [-0.4, -0.2) is 5.60 Å². The highest BCUT2D eigenvalue weighted by Crippen LogP contribution is 2.57. The maximum absolute atomic E-state index is 6.18. The van der Waals surface area contributed by atoms with Crippen molar-refractivity contribution in [3.63, 3.8) is 0 Å². The smallest absolute Gasteiger partial charge is 0.108 e. The summed E-state index contributed by atoms with van der Waals surface area (Å²) < 4.78 is 0. The van der Waals surface area contributed by atoms with Crippen LogP contribution in [0, 0.1) is 17.8 Å². The molecule has 0 aliphatic heterocycles. The van der Waals surface area contributed by atoms with Crippen molar-refractivity contribution in [3.8, 4) is 0 Å². The minimum absolute atomic E-state index is 0.0295. The lowest BCUT2D eigenvalue weighted by Gasteiger charge is -2.55. The maximum atomic E-state index is 6.18. The van der Waals surface area contributed by atoms with Gasteiger partial charge in [-0.15, -0.1) is 0 Å². The molecule has 4 fully saturated rings. The predicted octanol–water partition coefficient (Wildman–Crippen LogP) is 2.75. The second-order valence-corrected chi connectivity index (χ2v) is 7.34. The molecule has 4 aliphatic carbocycles. The largest absolute Gasteiger partial charge is 0.397 e. The molecule has 1 aromatic rings. The van der Waals surface area contributed by atoms with Crippen LogP contribution < -0.4 is 22.7 Å². The lowest BCUT2D eigenvalue weighted by atomic mass is 9.54. The Morgan fingerprint density at radius 1 is 0.905 bits per heavy atom. The Morgan fingerprint density at radius 3 is 2.00 bits per heavy atom. The molecule has 0 aromatic heterocycles. The molecule has 5 rings (SSSR count). The van der Waals surface area contributed by atoms with E-state index >= 15 is 0 Å². The van der Waals surface area contributed by atoms with Crippen molar-refractivity contribution in [2.45, 2.75) is 44.1 Å². The monoisotopic (exact) mass is 288 g/mol. The topological polar surface area (TPSA) is 99.3 Å². The van der Waals surface area contributed by atoms with E-state index in [9.17, 15) is 0 Å². The van der Waals surface area contributed by atoms with Crippen LogP contribution in [0.15, 0.2) is 12.1 Å². The second kappa shape index (κ2) is 4.44. The summed E-state index contributed by atoms with van der Waals surface area (Å²) in [7, 11) is 0. The van der Waals surface area contributed by atoms with Crippen molar-refractivity contribution in [2.75, 3.05) is 22.7 Å². The third kappa shape index (κ3) is 2.11. The highest BCUT2D eigenvalue weighted by atomic mass is 16.7. The summed E-state index contributed by atoms with van der Waals surface area (Å²) in [6.45, 7) is 0. The van der Waals surface area contributed by atoms with Crippen molar-refractivity contribution >= 4 is 22.7 Å². The molecule has 1 aromatic carbocycles. The van der Waals surface area contributed by atoms with Gasteiger partial charge < -0.3 is 17.2 Å². The van der Waals surface area contributed by atoms with Crippen molar-refractivity contribution < 1.29 is 4.84 Å². The number of hydrogen-bond donors (Lipinski definition) is 4. The molecular formula is C16H24N4O. The Balaban J connectivity index is 1.54. The molecular weight excluding hydrogens is 264 g/mol. The Morgan fingerprint density at radius 2 is 1.43 bits per heavy atom. The van der Waals surface area contributed by atoms with E-state index in [0.29, 0.717) is 22.7 Å². The van der Waals surface area contributed by atoms with E-state index in [2.05, 4.69) is 5.48 Å². The molecule has 21 heavy (non-hydrogen) atoms. The van der Waals surface area contributed by atoms with Crippen molar-refractivity contribution in [1.29, 1.82) is 0 Å². The predicted molar refractivity (Wildman–Crippen MR) is 85.3 cm³/mol. The molecule has 5 nitrogen and oxygen atoms in total. The standard InChI is InChI=1S/C16H24N4O/c17-12-1-2-13(18)15(14(12)19)20-21-16-6-9-3-10(7-16)5-11(4-9)8-16/h1-2,9-11,20H,3-8,17-19H2. The van der Waals surface area contributed by atoms with Gasteiger partial charge in [0.05, 0.1) is 22.7 Å². The first kappa shape index (κ1) is 13.1. The van der Waals surface area contributed by atoms with E-state index in [0.717, 1.165) is 37.0 Å². The maximum Gasteiger partial charge on any atom is 0.108 e. The molecule has 0 radical (unpaired) electrons. The van der Waals surface area contributed by atoms with Crippen molar-refractivity contribution in [3.05, 3.63) is 12.1 Å². The number of nitrogens with one attached hydrogen (secondary N) is 1. The van der Waals surface area contributed by atoms with Gasteiger partial charge in [0, 0.05) is 0 Å². The first-order chi connectivity index (χ1) is 10.0. The summed E-state index contributed by atoms with van der Waals surface area (Å²) in [5.74, 6) is 2.52. The fourth-order valence-corrected chi connectivity index (χ4v) is 5.08. The average molecular weight is 288 g/mol. The zero-order valence-electron chi connectivity index (χ0n) is 12.3. The molecule has 4 aliphatic rings. The van der Waals surface area contributed by atoms with Crippen LogP contribution in [0.25, 0.3) is 0 Å². The fourth-order valence-electron chi connectivity index (χ4n) is 5.08. The van der Waals surface area contributed by atoms with Gasteiger partial charge in [0.1, 0.15) is 5.69 Å². The summed E-state index contributed by atoms with van der Waals surface area (Å²) in [6, 6.07) is 3.48.